The maximum Gasteiger partial charge on any atom is 0.161 e. The second kappa shape index (κ2) is 6.67. The lowest BCUT2D eigenvalue weighted by molar-refractivity contribution is 0.216. The fourth-order valence-corrected chi connectivity index (χ4v) is 3.71. The summed E-state index contributed by atoms with van der Waals surface area (Å²) in [6, 6.07) is 8.30. The Balaban J connectivity index is 1.47. The molecule has 0 spiro atoms. The minimum absolute atomic E-state index is 0.416. The second-order valence-electron chi connectivity index (χ2n) is 6.15. The van der Waals surface area contributed by atoms with Gasteiger partial charge in [0.2, 0.25) is 0 Å². The topological polar surface area (TPSA) is 47.7 Å². The Morgan fingerprint density at radius 2 is 1.90 bits per heavy atom. The summed E-state index contributed by atoms with van der Waals surface area (Å²) >= 11 is 0. The second-order valence-corrected chi connectivity index (χ2v) is 6.15. The smallest absolute Gasteiger partial charge is 0.161 e. The number of rotatable bonds is 6. The first-order chi connectivity index (χ1) is 10.3. The van der Waals surface area contributed by atoms with E-state index in [2.05, 4.69) is 4.90 Å². The van der Waals surface area contributed by atoms with E-state index in [0.717, 1.165) is 30.5 Å². The van der Waals surface area contributed by atoms with E-state index >= 15 is 0 Å². The van der Waals surface area contributed by atoms with Crippen molar-refractivity contribution in [1.82, 2.24) is 4.90 Å². The Morgan fingerprint density at radius 1 is 1.14 bits per heavy atom. The van der Waals surface area contributed by atoms with Crippen LogP contribution < -0.4 is 15.2 Å². The SMILES string of the molecule is CCOc1ccccc1OCCN1CC2CCC(N)C2C1. The third kappa shape index (κ3) is 3.33. The quantitative estimate of drug-likeness (QED) is 0.872. The van der Waals surface area contributed by atoms with Crippen LogP contribution in [0.25, 0.3) is 0 Å². The average molecular weight is 290 g/mol. The van der Waals surface area contributed by atoms with Gasteiger partial charge in [0.1, 0.15) is 6.61 Å². The number of para-hydroxylation sites is 2. The highest BCUT2D eigenvalue weighted by Gasteiger charge is 2.40. The van der Waals surface area contributed by atoms with E-state index in [4.69, 9.17) is 15.2 Å². The lowest BCUT2D eigenvalue weighted by Crippen LogP contribution is -2.32. The van der Waals surface area contributed by atoms with Gasteiger partial charge in [-0.3, -0.25) is 4.90 Å². The molecule has 1 saturated carbocycles. The zero-order valence-electron chi connectivity index (χ0n) is 12.8. The number of hydrogen-bond acceptors (Lipinski definition) is 4. The first-order valence-electron chi connectivity index (χ1n) is 8.10. The van der Waals surface area contributed by atoms with E-state index < -0.39 is 0 Å². The van der Waals surface area contributed by atoms with Crippen molar-refractivity contribution in [1.29, 1.82) is 0 Å². The summed E-state index contributed by atoms with van der Waals surface area (Å²) in [5.74, 6) is 3.20. The summed E-state index contributed by atoms with van der Waals surface area (Å²) in [5.41, 5.74) is 6.18. The van der Waals surface area contributed by atoms with Crippen molar-refractivity contribution >= 4 is 0 Å². The molecule has 1 saturated heterocycles. The molecule has 1 heterocycles. The van der Waals surface area contributed by atoms with Gasteiger partial charge >= 0.3 is 0 Å². The number of nitrogens with zero attached hydrogens (tertiary/aromatic N) is 1. The van der Waals surface area contributed by atoms with Crippen molar-refractivity contribution in [3.05, 3.63) is 24.3 Å². The zero-order valence-corrected chi connectivity index (χ0v) is 12.8. The molecule has 4 heteroatoms. The van der Waals surface area contributed by atoms with Gasteiger partial charge in [-0.25, -0.2) is 0 Å². The van der Waals surface area contributed by atoms with Crippen LogP contribution in [0.2, 0.25) is 0 Å². The van der Waals surface area contributed by atoms with Gasteiger partial charge in [-0.05, 0) is 43.7 Å². The van der Waals surface area contributed by atoms with E-state index in [1.54, 1.807) is 0 Å². The Hall–Kier alpha value is -1.26. The number of likely N-dealkylation sites (tertiary alicyclic amines) is 1. The molecule has 3 rings (SSSR count). The molecule has 2 N–H and O–H groups in total. The van der Waals surface area contributed by atoms with E-state index in [1.165, 1.54) is 19.4 Å². The normalized spacial score (nSPS) is 28.6. The summed E-state index contributed by atoms with van der Waals surface area (Å²) in [4.78, 5) is 2.50. The van der Waals surface area contributed by atoms with Crippen LogP contribution in [0.5, 0.6) is 11.5 Å². The lowest BCUT2D eigenvalue weighted by Gasteiger charge is -2.19. The molecule has 0 radical (unpaired) electrons. The van der Waals surface area contributed by atoms with E-state index in [9.17, 15) is 0 Å². The van der Waals surface area contributed by atoms with Crippen LogP contribution in [0.4, 0.5) is 0 Å². The van der Waals surface area contributed by atoms with Gasteiger partial charge in [0.05, 0.1) is 6.61 Å². The van der Waals surface area contributed by atoms with Crippen LogP contribution in [0.15, 0.2) is 24.3 Å². The maximum absolute atomic E-state index is 6.18. The molecule has 1 aliphatic heterocycles. The summed E-state index contributed by atoms with van der Waals surface area (Å²) in [6.07, 6.45) is 2.51. The van der Waals surface area contributed by atoms with E-state index in [1.807, 2.05) is 31.2 Å². The molecule has 1 aromatic carbocycles. The van der Waals surface area contributed by atoms with Crippen LogP contribution >= 0.6 is 0 Å². The molecule has 2 aliphatic rings. The predicted octanol–water partition coefficient (Wildman–Crippen LogP) is 2.13. The third-order valence-electron chi connectivity index (χ3n) is 4.80. The zero-order chi connectivity index (χ0) is 14.7. The minimum Gasteiger partial charge on any atom is -0.490 e. The molecule has 2 fully saturated rings. The van der Waals surface area contributed by atoms with Gasteiger partial charge in [0.25, 0.3) is 0 Å². The molecule has 3 atom stereocenters. The van der Waals surface area contributed by atoms with Gasteiger partial charge < -0.3 is 15.2 Å². The standard InChI is InChI=1S/C17H26N2O2/c1-2-20-16-5-3-4-6-17(16)21-10-9-19-11-13-7-8-15(18)14(13)12-19/h3-6,13-15H,2,7-12,18H2,1H3. The molecule has 0 bridgehead atoms. The van der Waals surface area contributed by atoms with Crippen molar-refractivity contribution in [3.8, 4) is 11.5 Å². The number of fused-ring (bicyclic) bond motifs is 1. The van der Waals surface area contributed by atoms with Gasteiger partial charge in [-0.15, -0.1) is 0 Å². The lowest BCUT2D eigenvalue weighted by atomic mass is 9.98. The predicted molar refractivity (Wildman–Crippen MR) is 83.7 cm³/mol. The van der Waals surface area contributed by atoms with Crippen molar-refractivity contribution in [2.24, 2.45) is 17.6 Å². The average Bonchev–Trinajstić information content (AvgIpc) is 3.03. The Morgan fingerprint density at radius 3 is 2.62 bits per heavy atom. The molecule has 21 heavy (non-hydrogen) atoms. The van der Waals surface area contributed by atoms with Gasteiger partial charge in [0.15, 0.2) is 11.5 Å². The monoisotopic (exact) mass is 290 g/mol. The highest BCUT2D eigenvalue weighted by Crippen LogP contribution is 2.37. The highest BCUT2D eigenvalue weighted by atomic mass is 16.5. The molecule has 0 aromatic heterocycles. The molecular formula is C17H26N2O2. The molecule has 1 aliphatic carbocycles. The summed E-state index contributed by atoms with van der Waals surface area (Å²) in [6.45, 7) is 6.66. The molecular weight excluding hydrogens is 264 g/mol. The van der Waals surface area contributed by atoms with Crippen LogP contribution in [-0.2, 0) is 0 Å². The van der Waals surface area contributed by atoms with Crippen molar-refractivity contribution in [2.45, 2.75) is 25.8 Å². The minimum atomic E-state index is 0.416. The third-order valence-corrected chi connectivity index (χ3v) is 4.80. The van der Waals surface area contributed by atoms with Crippen LogP contribution in [0.1, 0.15) is 19.8 Å². The first-order valence-corrected chi connectivity index (χ1v) is 8.10. The van der Waals surface area contributed by atoms with E-state index in [0.29, 0.717) is 25.2 Å². The van der Waals surface area contributed by atoms with Crippen LogP contribution in [-0.4, -0.2) is 43.8 Å². The Kier molecular flexibility index (Phi) is 4.66. The molecule has 3 unspecified atom stereocenters. The first kappa shape index (κ1) is 14.7. The summed E-state index contributed by atoms with van der Waals surface area (Å²) in [5, 5.41) is 0. The van der Waals surface area contributed by atoms with Gasteiger partial charge in [-0.1, -0.05) is 12.1 Å². The highest BCUT2D eigenvalue weighted by molar-refractivity contribution is 5.39. The largest absolute Gasteiger partial charge is 0.490 e. The number of nitrogens with two attached hydrogens (primary N) is 1. The molecule has 4 nitrogen and oxygen atoms in total. The van der Waals surface area contributed by atoms with Crippen molar-refractivity contribution in [2.75, 3.05) is 32.8 Å². The Labute approximate surface area is 127 Å². The van der Waals surface area contributed by atoms with E-state index in [-0.39, 0.29) is 0 Å². The molecule has 0 amide bonds. The number of ether oxygens (including phenoxy) is 2. The van der Waals surface area contributed by atoms with Gasteiger partial charge in [0, 0.05) is 25.7 Å². The van der Waals surface area contributed by atoms with Crippen LogP contribution in [0.3, 0.4) is 0 Å². The maximum atomic E-state index is 6.18. The van der Waals surface area contributed by atoms with Gasteiger partial charge in [-0.2, -0.15) is 0 Å². The van der Waals surface area contributed by atoms with Crippen LogP contribution in [0, 0.1) is 11.8 Å². The van der Waals surface area contributed by atoms with Crippen molar-refractivity contribution < 1.29 is 9.47 Å². The number of benzene rings is 1. The molecule has 1 aromatic rings. The van der Waals surface area contributed by atoms with Crippen molar-refractivity contribution in [3.63, 3.8) is 0 Å². The number of hydrogen-bond donors (Lipinski definition) is 1. The summed E-state index contributed by atoms with van der Waals surface area (Å²) < 4.78 is 11.5. The Bertz CT molecular complexity index is 466. The molecule has 116 valence electrons. The fourth-order valence-electron chi connectivity index (χ4n) is 3.71. The fraction of sp³-hybridized carbons (Fsp3) is 0.647. The summed E-state index contributed by atoms with van der Waals surface area (Å²) in [7, 11) is 0.